The highest BCUT2D eigenvalue weighted by Crippen LogP contribution is 2.19. The van der Waals surface area contributed by atoms with Gasteiger partial charge in [0.05, 0.1) is 6.04 Å². The molecule has 3 nitrogen and oxygen atoms in total. The molecule has 1 unspecified atom stereocenters. The molecule has 21 heavy (non-hydrogen) atoms. The third-order valence-corrected chi connectivity index (χ3v) is 4.09. The van der Waals surface area contributed by atoms with Crippen LogP contribution in [-0.4, -0.2) is 10.5 Å². The summed E-state index contributed by atoms with van der Waals surface area (Å²) in [4.78, 5) is 12.3. The maximum atomic E-state index is 12.3. The van der Waals surface area contributed by atoms with Gasteiger partial charge >= 0.3 is 0 Å². The van der Waals surface area contributed by atoms with Gasteiger partial charge in [-0.3, -0.25) is 4.79 Å². The van der Waals surface area contributed by atoms with E-state index in [2.05, 4.69) is 59.4 Å². The number of benzene rings is 1. The summed E-state index contributed by atoms with van der Waals surface area (Å²) in [6.07, 6.45) is 1.87. The maximum Gasteiger partial charge on any atom is 0.268 e. The zero-order chi connectivity index (χ0) is 15.6. The molecule has 0 radical (unpaired) electrons. The van der Waals surface area contributed by atoms with Gasteiger partial charge in [0.25, 0.3) is 5.91 Å². The molecule has 1 atom stereocenters. The lowest BCUT2D eigenvalue weighted by molar-refractivity contribution is 0.0931. The molecule has 0 bridgehead atoms. The van der Waals surface area contributed by atoms with E-state index in [0.29, 0.717) is 11.6 Å². The van der Waals surface area contributed by atoms with Crippen LogP contribution in [0.4, 0.5) is 0 Å². The fourth-order valence-electron chi connectivity index (χ4n) is 2.27. The number of aromatic nitrogens is 1. The Balaban J connectivity index is 2.08. The van der Waals surface area contributed by atoms with Crippen LogP contribution in [0.1, 0.15) is 54.3 Å². The number of aryl methyl sites for hydroxylation is 1. The van der Waals surface area contributed by atoms with Gasteiger partial charge in [0.2, 0.25) is 0 Å². The quantitative estimate of drug-likeness (QED) is 0.872. The summed E-state index contributed by atoms with van der Waals surface area (Å²) in [6.45, 7) is 6.35. The Hall–Kier alpha value is -1.55. The highest BCUT2D eigenvalue weighted by atomic mass is 79.9. The Morgan fingerprint density at radius 1 is 1.14 bits per heavy atom. The first-order valence-electron chi connectivity index (χ1n) is 7.11. The summed E-state index contributed by atoms with van der Waals surface area (Å²) in [5.74, 6) is 0.452. The molecule has 2 rings (SSSR count). The topological polar surface area (TPSA) is 34.0 Å². The van der Waals surface area contributed by atoms with Gasteiger partial charge in [-0.2, -0.15) is 0 Å². The van der Waals surface area contributed by atoms with Gasteiger partial charge in [0, 0.05) is 17.7 Å². The van der Waals surface area contributed by atoms with E-state index in [0.717, 1.165) is 10.0 Å². The molecule has 0 aliphatic carbocycles. The lowest BCUT2D eigenvalue weighted by atomic mass is 9.99. The molecule has 1 N–H and O–H groups in total. The van der Waals surface area contributed by atoms with Crippen molar-refractivity contribution in [1.29, 1.82) is 0 Å². The number of rotatable bonds is 4. The number of carbonyl (C=O) groups excluding carboxylic acids is 1. The summed E-state index contributed by atoms with van der Waals surface area (Å²) in [7, 11) is 1.86. The maximum absolute atomic E-state index is 12.3. The normalized spacial score (nSPS) is 12.5. The second-order valence-electron chi connectivity index (χ2n) is 5.67. The number of nitrogens with one attached hydrogen (secondary N) is 1. The molecule has 0 spiro atoms. The molecule has 112 valence electrons. The minimum absolute atomic E-state index is 0.0209. The lowest BCUT2D eigenvalue weighted by Crippen LogP contribution is -2.28. The Kier molecular flexibility index (Phi) is 4.88. The molecule has 0 aliphatic rings. The number of hydrogen-bond donors (Lipinski definition) is 1. The van der Waals surface area contributed by atoms with Crippen molar-refractivity contribution in [2.75, 3.05) is 0 Å². The Bertz CT molecular complexity index is 629. The first-order chi connectivity index (χ1) is 9.88. The second-order valence-corrected chi connectivity index (χ2v) is 6.59. The highest BCUT2D eigenvalue weighted by Gasteiger charge is 2.15. The molecule has 0 aliphatic heterocycles. The van der Waals surface area contributed by atoms with Gasteiger partial charge in [-0.1, -0.05) is 38.1 Å². The smallest absolute Gasteiger partial charge is 0.268 e. The van der Waals surface area contributed by atoms with Crippen LogP contribution in [0.25, 0.3) is 0 Å². The predicted octanol–water partition coefficient (Wildman–Crippen LogP) is 4.40. The van der Waals surface area contributed by atoms with Crippen molar-refractivity contribution in [2.24, 2.45) is 7.05 Å². The summed E-state index contributed by atoms with van der Waals surface area (Å²) in [6, 6.07) is 10.2. The minimum Gasteiger partial charge on any atom is -0.345 e. The van der Waals surface area contributed by atoms with E-state index in [1.165, 1.54) is 5.56 Å². The molecule has 0 saturated heterocycles. The van der Waals surface area contributed by atoms with E-state index in [1.807, 2.05) is 30.8 Å². The van der Waals surface area contributed by atoms with E-state index in [9.17, 15) is 4.79 Å². The lowest BCUT2D eigenvalue weighted by Gasteiger charge is -2.15. The minimum atomic E-state index is -0.0661. The summed E-state index contributed by atoms with van der Waals surface area (Å²) in [5.41, 5.74) is 3.07. The average Bonchev–Trinajstić information content (AvgIpc) is 2.77. The second kappa shape index (κ2) is 6.48. The van der Waals surface area contributed by atoms with Crippen LogP contribution < -0.4 is 5.32 Å². The van der Waals surface area contributed by atoms with Crippen LogP contribution in [0, 0.1) is 0 Å². The van der Waals surface area contributed by atoms with E-state index >= 15 is 0 Å². The third kappa shape index (κ3) is 3.76. The van der Waals surface area contributed by atoms with Crippen molar-refractivity contribution in [3.8, 4) is 0 Å². The van der Waals surface area contributed by atoms with Crippen LogP contribution >= 0.6 is 15.9 Å². The van der Waals surface area contributed by atoms with Crippen molar-refractivity contribution in [3.63, 3.8) is 0 Å². The van der Waals surface area contributed by atoms with Crippen molar-refractivity contribution >= 4 is 21.8 Å². The van der Waals surface area contributed by atoms with Gasteiger partial charge in [-0.15, -0.1) is 0 Å². The first kappa shape index (κ1) is 15.8. The van der Waals surface area contributed by atoms with Gasteiger partial charge in [-0.25, -0.2) is 0 Å². The van der Waals surface area contributed by atoms with Crippen LogP contribution in [0.2, 0.25) is 0 Å². The number of amides is 1. The van der Waals surface area contributed by atoms with E-state index in [4.69, 9.17) is 0 Å². The van der Waals surface area contributed by atoms with Crippen molar-refractivity contribution in [3.05, 3.63) is 57.8 Å². The molecule has 2 aromatic rings. The van der Waals surface area contributed by atoms with Crippen LogP contribution in [0.15, 0.2) is 41.0 Å². The largest absolute Gasteiger partial charge is 0.345 e. The Morgan fingerprint density at radius 3 is 2.19 bits per heavy atom. The zero-order valence-electron chi connectivity index (χ0n) is 12.9. The Labute approximate surface area is 134 Å². The Morgan fingerprint density at radius 2 is 1.71 bits per heavy atom. The number of nitrogens with zero attached hydrogens (tertiary/aromatic N) is 1. The fraction of sp³-hybridized carbons (Fsp3) is 0.353. The molecule has 0 saturated carbocycles. The van der Waals surface area contributed by atoms with Crippen LogP contribution in [0.5, 0.6) is 0 Å². The molecule has 1 heterocycles. The fourth-order valence-corrected chi connectivity index (χ4v) is 2.80. The third-order valence-electron chi connectivity index (χ3n) is 3.65. The number of carbonyl (C=O) groups is 1. The number of halogens is 1. The molecular weight excluding hydrogens is 328 g/mol. The van der Waals surface area contributed by atoms with E-state index < -0.39 is 0 Å². The highest BCUT2D eigenvalue weighted by molar-refractivity contribution is 9.10. The summed E-state index contributed by atoms with van der Waals surface area (Å²) >= 11 is 3.38. The van der Waals surface area contributed by atoms with E-state index in [-0.39, 0.29) is 11.9 Å². The van der Waals surface area contributed by atoms with Gasteiger partial charge in [0.15, 0.2) is 0 Å². The van der Waals surface area contributed by atoms with Crippen LogP contribution in [0.3, 0.4) is 0 Å². The molecule has 4 heteroatoms. The molecular formula is C17H21BrN2O. The standard InChI is InChI=1S/C17H21BrN2O/c1-11(2)13-5-7-14(8-6-13)12(3)19-17(21)16-9-15(18)10-20(16)4/h5-12H,1-4H3,(H,19,21). The molecule has 1 aromatic heterocycles. The van der Waals surface area contributed by atoms with Crippen LogP contribution in [-0.2, 0) is 7.05 Å². The summed E-state index contributed by atoms with van der Waals surface area (Å²) < 4.78 is 2.72. The first-order valence-corrected chi connectivity index (χ1v) is 7.90. The monoisotopic (exact) mass is 348 g/mol. The van der Waals surface area contributed by atoms with E-state index in [1.54, 1.807) is 0 Å². The molecule has 1 aromatic carbocycles. The zero-order valence-corrected chi connectivity index (χ0v) is 14.4. The van der Waals surface area contributed by atoms with Crippen molar-refractivity contribution < 1.29 is 4.79 Å². The predicted molar refractivity (Wildman–Crippen MR) is 89.5 cm³/mol. The van der Waals surface area contributed by atoms with Crippen molar-refractivity contribution in [1.82, 2.24) is 9.88 Å². The number of hydrogen-bond acceptors (Lipinski definition) is 1. The van der Waals surface area contributed by atoms with Gasteiger partial charge in [0.1, 0.15) is 5.69 Å². The molecule has 0 fully saturated rings. The summed E-state index contributed by atoms with van der Waals surface area (Å²) in [5, 5.41) is 3.03. The molecule has 1 amide bonds. The van der Waals surface area contributed by atoms with Crippen molar-refractivity contribution in [2.45, 2.75) is 32.7 Å². The van der Waals surface area contributed by atoms with Gasteiger partial charge in [-0.05, 0) is 46.0 Å². The SMILES string of the molecule is CC(C)c1ccc(C(C)NC(=O)c2cc(Br)cn2C)cc1. The average molecular weight is 349 g/mol. The van der Waals surface area contributed by atoms with Gasteiger partial charge < -0.3 is 9.88 Å².